The number of nitrogens with one attached hydrogen (secondary N) is 1. The first kappa shape index (κ1) is 16.1. The summed E-state index contributed by atoms with van der Waals surface area (Å²) in [4.78, 5) is 14.8. The Hall–Kier alpha value is -1.39. The number of likely N-dealkylation sites (tertiary alicyclic amines) is 1. The lowest BCUT2D eigenvalue weighted by Crippen LogP contribution is -2.43. The van der Waals surface area contributed by atoms with Gasteiger partial charge in [-0.15, -0.1) is 0 Å². The number of nitrogens with zero attached hydrogens (tertiary/aromatic N) is 1. The molecule has 1 N–H and O–H groups in total. The number of carbonyl (C=O) groups is 1. The minimum Gasteiger partial charge on any atom is -0.364 e. The number of ether oxygens (including phenoxy) is 1. The van der Waals surface area contributed by atoms with Gasteiger partial charge < -0.3 is 15.0 Å². The normalized spacial score (nSPS) is 30.1. The molecule has 130 valence electrons. The van der Waals surface area contributed by atoms with E-state index in [1.165, 1.54) is 18.4 Å². The number of carbonyl (C=O) groups excluding carboxylic acids is 1. The van der Waals surface area contributed by atoms with Crippen LogP contribution in [0.15, 0.2) is 30.3 Å². The summed E-state index contributed by atoms with van der Waals surface area (Å²) >= 11 is 0. The molecule has 1 aliphatic carbocycles. The van der Waals surface area contributed by atoms with Crippen LogP contribution in [0.1, 0.15) is 31.2 Å². The zero-order valence-electron chi connectivity index (χ0n) is 14.3. The lowest BCUT2D eigenvalue weighted by molar-refractivity contribution is -0.132. The van der Waals surface area contributed by atoms with Crippen molar-refractivity contribution in [1.82, 2.24) is 10.2 Å². The van der Waals surface area contributed by atoms with Gasteiger partial charge >= 0.3 is 0 Å². The molecule has 0 spiro atoms. The lowest BCUT2D eigenvalue weighted by atomic mass is 9.91. The van der Waals surface area contributed by atoms with Gasteiger partial charge in [0.05, 0.1) is 6.10 Å². The van der Waals surface area contributed by atoms with E-state index in [0.29, 0.717) is 5.92 Å². The zero-order chi connectivity index (χ0) is 16.4. The zero-order valence-corrected chi connectivity index (χ0v) is 14.3. The Kier molecular flexibility index (Phi) is 4.86. The molecule has 4 heteroatoms. The highest BCUT2D eigenvalue weighted by Gasteiger charge is 2.41. The molecule has 24 heavy (non-hydrogen) atoms. The summed E-state index contributed by atoms with van der Waals surface area (Å²) in [5.41, 5.74) is 1.39. The van der Waals surface area contributed by atoms with Crippen LogP contribution in [-0.4, -0.2) is 49.2 Å². The summed E-state index contributed by atoms with van der Waals surface area (Å²) in [6.07, 6.45) is 5.73. The Bertz CT molecular complexity index is 558. The third-order valence-electron chi connectivity index (χ3n) is 5.75. The minimum absolute atomic E-state index is 0.118. The number of hydrogen-bond acceptors (Lipinski definition) is 3. The minimum atomic E-state index is -0.215. The summed E-state index contributed by atoms with van der Waals surface area (Å²) in [5, 5.41) is 3.08. The molecular weight excluding hydrogens is 300 g/mol. The van der Waals surface area contributed by atoms with E-state index in [0.717, 1.165) is 51.4 Å². The van der Waals surface area contributed by atoms with Crippen LogP contribution in [0.25, 0.3) is 0 Å². The van der Waals surface area contributed by atoms with E-state index in [-0.39, 0.29) is 18.1 Å². The fraction of sp³-hybridized carbons (Fsp3) is 0.650. The first-order valence-electron chi connectivity index (χ1n) is 9.47. The molecule has 2 heterocycles. The average Bonchev–Trinajstić information content (AvgIpc) is 3.35. The van der Waals surface area contributed by atoms with Crippen molar-refractivity contribution in [3.8, 4) is 0 Å². The van der Waals surface area contributed by atoms with E-state index < -0.39 is 0 Å². The maximum absolute atomic E-state index is 12.3. The highest BCUT2D eigenvalue weighted by Crippen LogP contribution is 2.33. The molecule has 4 rings (SSSR count). The summed E-state index contributed by atoms with van der Waals surface area (Å²) in [7, 11) is 0. The van der Waals surface area contributed by atoms with Crippen LogP contribution in [0.4, 0.5) is 0 Å². The van der Waals surface area contributed by atoms with Gasteiger partial charge in [0.25, 0.3) is 0 Å². The molecule has 1 aromatic carbocycles. The molecule has 0 aromatic heterocycles. The van der Waals surface area contributed by atoms with Crippen molar-refractivity contribution in [2.24, 2.45) is 11.8 Å². The van der Waals surface area contributed by atoms with Crippen molar-refractivity contribution in [3.63, 3.8) is 0 Å². The molecule has 2 saturated heterocycles. The Morgan fingerprint density at radius 3 is 2.83 bits per heavy atom. The van der Waals surface area contributed by atoms with Gasteiger partial charge in [-0.3, -0.25) is 4.79 Å². The van der Waals surface area contributed by atoms with Gasteiger partial charge in [-0.2, -0.15) is 0 Å². The van der Waals surface area contributed by atoms with Crippen LogP contribution < -0.4 is 5.32 Å². The molecule has 1 aromatic rings. The van der Waals surface area contributed by atoms with Crippen molar-refractivity contribution in [3.05, 3.63) is 35.9 Å². The van der Waals surface area contributed by atoms with E-state index >= 15 is 0 Å². The van der Waals surface area contributed by atoms with Crippen molar-refractivity contribution in [1.29, 1.82) is 0 Å². The Labute approximate surface area is 144 Å². The highest BCUT2D eigenvalue weighted by molar-refractivity contribution is 5.81. The van der Waals surface area contributed by atoms with Gasteiger partial charge in [0.1, 0.15) is 6.10 Å². The molecule has 2 aliphatic heterocycles. The van der Waals surface area contributed by atoms with Crippen molar-refractivity contribution >= 4 is 5.91 Å². The molecule has 0 unspecified atom stereocenters. The molecule has 1 saturated carbocycles. The van der Waals surface area contributed by atoms with Gasteiger partial charge in [-0.05, 0) is 56.0 Å². The predicted molar refractivity (Wildman–Crippen MR) is 93.7 cm³/mol. The number of hydrogen-bond donors (Lipinski definition) is 1. The third kappa shape index (κ3) is 3.98. The van der Waals surface area contributed by atoms with Crippen molar-refractivity contribution in [2.45, 2.75) is 44.3 Å². The van der Waals surface area contributed by atoms with E-state index in [2.05, 4.69) is 40.5 Å². The van der Waals surface area contributed by atoms with Gasteiger partial charge in [0.2, 0.25) is 5.91 Å². The van der Waals surface area contributed by atoms with E-state index in [4.69, 9.17) is 4.74 Å². The number of amides is 1. The second-order valence-electron chi connectivity index (χ2n) is 7.67. The van der Waals surface area contributed by atoms with Gasteiger partial charge in [-0.1, -0.05) is 30.3 Å². The molecule has 3 fully saturated rings. The van der Waals surface area contributed by atoms with Gasteiger partial charge in [0, 0.05) is 19.6 Å². The summed E-state index contributed by atoms with van der Waals surface area (Å²) in [6, 6.07) is 10.7. The fourth-order valence-corrected chi connectivity index (χ4v) is 3.98. The molecule has 0 radical (unpaired) electrons. The maximum Gasteiger partial charge on any atom is 0.249 e. The highest BCUT2D eigenvalue weighted by atomic mass is 16.5. The molecule has 0 bridgehead atoms. The molecule has 3 atom stereocenters. The first-order valence-corrected chi connectivity index (χ1v) is 9.47. The third-order valence-corrected chi connectivity index (χ3v) is 5.75. The Balaban J connectivity index is 1.23. The maximum atomic E-state index is 12.3. The molecule has 1 amide bonds. The standard InChI is InChI=1S/C20H28N2O2/c23-20(21-13-16-6-7-16)18-12-17-9-11-22(14-19(17)24-18)10-8-15-4-2-1-3-5-15/h1-5,16-19H,6-14H2,(H,21,23)/t17-,18+,19-/m1/s1. The first-order chi connectivity index (χ1) is 11.8. The topological polar surface area (TPSA) is 41.6 Å². The van der Waals surface area contributed by atoms with Crippen LogP contribution in [-0.2, 0) is 16.0 Å². The Morgan fingerprint density at radius 2 is 2.04 bits per heavy atom. The lowest BCUT2D eigenvalue weighted by Gasteiger charge is -2.34. The number of piperidine rings is 1. The Morgan fingerprint density at radius 1 is 1.21 bits per heavy atom. The smallest absolute Gasteiger partial charge is 0.249 e. The van der Waals surface area contributed by atoms with Crippen molar-refractivity contribution in [2.75, 3.05) is 26.2 Å². The quantitative estimate of drug-likeness (QED) is 0.871. The molecular formula is C20H28N2O2. The monoisotopic (exact) mass is 328 g/mol. The largest absolute Gasteiger partial charge is 0.364 e. The van der Waals surface area contributed by atoms with Crippen LogP contribution in [0, 0.1) is 11.8 Å². The summed E-state index contributed by atoms with van der Waals surface area (Å²) in [5.74, 6) is 1.41. The second-order valence-corrected chi connectivity index (χ2v) is 7.67. The van der Waals surface area contributed by atoms with Crippen LogP contribution in [0.2, 0.25) is 0 Å². The molecule has 4 nitrogen and oxygen atoms in total. The summed E-state index contributed by atoms with van der Waals surface area (Å²) < 4.78 is 6.11. The van der Waals surface area contributed by atoms with E-state index in [1.54, 1.807) is 0 Å². The molecule has 3 aliphatic rings. The van der Waals surface area contributed by atoms with E-state index in [9.17, 15) is 4.79 Å². The fourth-order valence-electron chi connectivity index (χ4n) is 3.98. The number of benzene rings is 1. The van der Waals surface area contributed by atoms with E-state index in [1.807, 2.05) is 0 Å². The number of fused-ring (bicyclic) bond motifs is 1. The van der Waals surface area contributed by atoms with Gasteiger partial charge in [0.15, 0.2) is 0 Å². The summed E-state index contributed by atoms with van der Waals surface area (Å²) in [6.45, 7) is 4.03. The van der Waals surface area contributed by atoms with Gasteiger partial charge in [-0.25, -0.2) is 0 Å². The van der Waals surface area contributed by atoms with Crippen LogP contribution >= 0.6 is 0 Å². The number of rotatable bonds is 6. The van der Waals surface area contributed by atoms with Crippen LogP contribution in [0.3, 0.4) is 0 Å². The van der Waals surface area contributed by atoms with Crippen molar-refractivity contribution < 1.29 is 9.53 Å². The predicted octanol–water partition coefficient (Wildman–Crippen LogP) is 2.23. The van der Waals surface area contributed by atoms with Crippen LogP contribution in [0.5, 0.6) is 0 Å². The SMILES string of the molecule is O=C(NCC1CC1)[C@@H]1C[C@H]2CCN(CCc3ccccc3)C[C@H]2O1. The second kappa shape index (κ2) is 7.24. The average molecular weight is 328 g/mol.